The lowest BCUT2D eigenvalue weighted by Crippen LogP contribution is -2.41. The first-order valence-corrected chi connectivity index (χ1v) is 6.02. The van der Waals surface area contributed by atoms with E-state index in [2.05, 4.69) is 5.32 Å². The fraction of sp³-hybridized carbons (Fsp3) is 0.538. The molecule has 1 aliphatic heterocycles. The molecule has 2 rings (SSSR count). The zero-order valence-electron chi connectivity index (χ0n) is 10.0. The van der Waals surface area contributed by atoms with Gasteiger partial charge in [0.05, 0.1) is 0 Å². The molecule has 1 aliphatic rings. The molecule has 94 valence electrons. The molecule has 0 spiro atoms. The number of halogens is 2. The first-order chi connectivity index (χ1) is 8.18. The number of nitrogens with one attached hydrogen (secondary N) is 1. The Kier molecular flexibility index (Phi) is 4.07. The Balaban J connectivity index is 2.04. The fourth-order valence-corrected chi connectivity index (χ4v) is 2.31. The normalized spacial score (nSPS) is 17.6. The highest BCUT2D eigenvalue weighted by Crippen LogP contribution is 2.18. The van der Waals surface area contributed by atoms with Crippen LogP contribution in [0.1, 0.15) is 18.4 Å². The third kappa shape index (κ3) is 3.01. The average Bonchev–Trinajstić information content (AvgIpc) is 2.35. The van der Waals surface area contributed by atoms with Crippen LogP contribution in [0.3, 0.4) is 0 Å². The highest BCUT2D eigenvalue weighted by Gasteiger charge is 2.20. The monoisotopic (exact) mass is 240 g/mol. The Morgan fingerprint density at radius 1 is 1.24 bits per heavy atom. The van der Waals surface area contributed by atoms with Crippen molar-refractivity contribution in [2.45, 2.75) is 25.4 Å². The Labute approximate surface area is 101 Å². The summed E-state index contributed by atoms with van der Waals surface area (Å²) in [5.41, 5.74) is 0.175. The topological polar surface area (TPSA) is 15.3 Å². The van der Waals surface area contributed by atoms with Crippen molar-refractivity contribution in [3.05, 3.63) is 35.4 Å². The number of nitrogens with zero attached hydrogens (tertiary/aromatic N) is 1. The van der Waals surface area contributed by atoms with Crippen molar-refractivity contribution >= 4 is 0 Å². The SMILES string of the molecule is CN(Cc1c(F)cccc1F)C1CCNCC1. The molecular weight excluding hydrogens is 222 g/mol. The van der Waals surface area contributed by atoms with E-state index in [1.54, 1.807) is 0 Å². The predicted octanol–water partition coefficient (Wildman–Crippen LogP) is 2.15. The van der Waals surface area contributed by atoms with Crippen LogP contribution in [0.25, 0.3) is 0 Å². The summed E-state index contributed by atoms with van der Waals surface area (Å²) in [7, 11) is 1.93. The molecule has 17 heavy (non-hydrogen) atoms. The minimum atomic E-state index is -0.453. The number of piperidine rings is 1. The first-order valence-electron chi connectivity index (χ1n) is 6.02. The largest absolute Gasteiger partial charge is 0.317 e. The summed E-state index contributed by atoms with van der Waals surface area (Å²) in [5.74, 6) is -0.906. The fourth-order valence-electron chi connectivity index (χ4n) is 2.31. The third-order valence-electron chi connectivity index (χ3n) is 3.40. The second-order valence-corrected chi connectivity index (χ2v) is 4.60. The van der Waals surface area contributed by atoms with Gasteiger partial charge in [0.1, 0.15) is 11.6 Å². The number of hydrogen-bond acceptors (Lipinski definition) is 2. The van der Waals surface area contributed by atoms with E-state index in [0.717, 1.165) is 25.9 Å². The molecule has 4 heteroatoms. The van der Waals surface area contributed by atoms with Gasteiger partial charge in [-0.15, -0.1) is 0 Å². The number of benzene rings is 1. The van der Waals surface area contributed by atoms with Gasteiger partial charge in [0.15, 0.2) is 0 Å². The quantitative estimate of drug-likeness (QED) is 0.871. The van der Waals surface area contributed by atoms with Gasteiger partial charge in [-0.05, 0) is 45.1 Å². The summed E-state index contributed by atoms with van der Waals surface area (Å²) in [6, 6.07) is 4.44. The molecule has 1 saturated heterocycles. The van der Waals surface area contributed by atoms with Crippen LogP contribution in [-0.2, 0) is 6.54 Å². The van der Waals surface area contributed by atoms with Gasteiger partial charge in [-0.25, -0.2) is 8.78 Å². The van der Waals surface area contributed by atoms with Crippen molar-refractivity contribution < 1.29 is 8.78 Å². The summed E-state index contributed by atoms with van der Waals surface area (Å²) in [6.45, 7) is 2.30. The Morgan fingerprint density at radius 2 is 1.82 bits per heavy atom. The van der Waals surface area contributed by atoms with Crippen LogP contribution in [0.5, 0.6) is 0 Å². The van der Waals surface area contributed by atoms with Gasteiger partial charge in [-0.3, -0.25) is 4.90 Å². The van der Waals surface area contributed by atoms with Crippen molar-refractivity contribution in [2.75, 3.05) is 20.1 Å². The smallest absolute Gasteiger partial charge is 0.130 e. The molecular formula is C13H18F2N2. The maximum atomic E-state index is 13.5. The number of hydrogen-bond donors (Lipinski definition) is 1. The van der Waals surface area contributed by atoms with Crippen molar-refractivity contribution in [1.29, 1.82) is 0 Å². The molecule has 1 heterocycles. The van der Waals surface area contributed by atoms with Crippen LogP contribution in [0.4, 0.5) is 8.78 Å². The van der Waals surface area contributed by atoms with E-state index in [0.29, 0.717) is 12.6 Å². The van der Waals surface area contributed by atoms with E-state index in [9.17, 15) is 8.78 Å². The molecule has 0 bridgehead atoms. The van der Waals surface area contributed by atoms with Crippen molar-refractivity contribution in [3.63, 3.8) is 0 Å². The molecule has 1 aromatic rings. The zero-order chi connectivity index (χ0) is 12.3. The Hall–Kier alpha value is -1.00. The summed E-state index contributed by atoms with van der Waals surface area (Å²) >= 11 is 0. The van der Waals surface area contributed by atoms with Crippen LogP contribution in [0.2, 0.25) is 0 Å². The van der Waals surface area contributed by atoms with Crippen molar-refractivity contribution in [1.82, 2.24) is 10.2 Å². The minimum absolute atomic E-state index is 0.175. The molecule has 0 amide bonds. The molecule has 1 N–H and O–H groups in total. The molecule has 1 aromatic carbocycles. The van der Waals surface area contributed by atoms with Crippen LogP contribution in [0, 0.1) is 11.6 Å². The van der Waals surface area contributed by atoms with E-state index in [1.807, 2.05) is 11.9 Å². The highest BCUT2D eigenvalue weighted by molar-refractivity contribution is 5.19. The van der Waals surface area contributed by atoms with Gasteiger partial charge in [0.25, 0.3) is 0 Å². The summed E-state index contributed by atoms with van der Waals surface area (Å²) in [6.07, 6.45) is 2.07. The van der Waals surface area contributed by atoms with Crippen LogP contribution < -0.4 is 5.32 Å². The van der Waals surface area contributed by atoms with Crippen LogP contribution >= 0.6 is 0 Å². The molecule has 0 atom stereocenters. The summed E-state index contributed by atoms with van der Waals surface area (Å²) < 4.78 is 27.0. The third-order valence-corrected chi connectivity index (χ3v) is 3.40. The van der Waals surface area contributed by atoms with E-state index in [4.69, 9.17) is 0 Å². The van der Waals surface area contributed by atoms with E-state index in [1.165, 1.54) is 18.2 Å². The van der Waals surface area contributed by atoms with E-state index < -0.39 is 11.6 Å². The molecule has 2 nitrogen and oxygen atoms in total. The maximum absolute atomic E-state index is 13.5. The van der Waals surface area contributed by atoms with Gasteiger partial charge in [0, 0.05) is 18.2 Å². The molecule has 0 aliphatic carbocycles. The zero-order valence-corrected chi connectivity index (χ0v) is 10.0. The van der Waals surface area contributed by atoms with Gasteiger partial charge in [0.2, 0.25) is 0 Å². The van der Waals surface area contributed by atoms with Crippen molar-refractivity contribution in [2.24, 2.45) is 0 Å². The lowest BCUT2D eigenvalue weighted by Gasteiger charge is -2.31. The average molecular weight is 240 g/mol. The highest BCUT2D eigenvalue weighted by atomic mass is 19.1. The van der Waals surface area contributed by atoms with E-state index >= 15 is 0 Å². The van der Waals surface area contributed by atoms with Gasteiger partial charge in [-0.1, -0.05) is 6.07 Å². The Morgan fingerprint density at radius 3 is 2.41 bits per heavy atom. The van der Waals surface area contributed by atoms with Crippen molar-refractivity contribution in [3.8, 4) is 0 Å². The maximum Gasteiger partial charge on any atom is 0.130 e. The Bertz CT molecular complexity index is 355. The molecule has 0 aromatic heterocycles. The second kappa shape index (κ2) is 5.56. The summed E-state index contributed by atoms with van der Waals surface area (Å²) in [4.78, 5) is 2.04. The van der Waals surface area contributed by atoms with Gasteiger partial charge in [-0.2, -0.15) is 0 Å². The number of rotatable bonds is 3. The lowest BCUT2D eigenvalue weighted by atomic mass is 10.0. The molecule has 0 radical (unpaired) electrons. The van der Waals surface area contributed by atoms with Gasteiger partial charge >= 0.3 is 0 Å². The molecule has 1 fully saturated rings. The molecule has 0 unspecified atom stereocenters. The predicted molar refractivity (Wildman–Crippen MR) is 63.7 cm³/mol. The lowest BCUT2D eigenvalue weighted by molar-refractivity contribution is 0.187. The first kappa shape index (κ1) is 12.5. The molecule has 0 saturated carbocycles. The van der Waals surface area contributed by atoms with Crippen LogP contribution in [0.15, 0.2) is 18.2 Å². The second-order valence-electron chi connectivity index (χ2n) is 4.60. The van der Waals surface area contributed by atoms with Gasteiger partial charge < -0.3 is 5.32 Å². The summed E-state index contributed by atoms with van der Waals surface area (Å²) in [5, 5.41) is 3.28. The standard InChI is InChI=1S/C13H18F2N2/c1-17(10-5-7-16-8-6-10)9-11-12(14)3-2-4-13(11)15/h2-4,10,16H,5-9H2,1H3. The van der Waals surface area contributed by atoms with E-state index in [-0.39, 0.29) is 5.56 Å². The minimum Gasteiger partial charge on any atom is -0.317 e. The van der Waals surface area contributed by atoms with Crippen LogP contribution in [-0.4, -0.2) is 31.1 Å².